The van der Waals surface area contributed by atoms with E-state index in [9.17, 15) is 0 Å². The summed E-state index contributed by atoms with van der Waals surface area (Å²) in [5.74, 6) is 0. The van der Waals surface area contributed by atoms with Crippen LogP contribution in [0.5, 0.6) is 0 Å². The van der Waals surface area contributed by atoms with E-state index in [2.05, 4.69) is 47.2 Å². The lowest BCUT2D eigenvalue weighted by molar-refractivity contribution is 0.374. The van der Waals surface area contributed by atoms with Crippen LogP contribution in [-0.2, 0) is 0 Å². The molecule has 1 aliphatic carbocycles. The molecule has 1 saturated carbocycles. The van der Waals surface area contributed by atoms with Crippen LogP contribution < -0.4 is 10.2 Å². The Balaban J connectivity index is 1.55. The molecule has 0 radical (unpaired) electrons. The number of nitrogens with zero attached hydrogens (tertiary/aromatic N) is 2. The van der Waals surface area contributed by atoms with Crippen molar-refractivity contribution < 1.29 is 0 Å². The van der Waals surface area contributed by atoms with Gasteiger partial charge in [0.05, 0.1) is 0 Å². The topological polar surface area (TPSA) is 18.5 Å². The van der Waals surface area contributed by atoms with E-state index < -0.39 is 0 Å². The predicted molar refractivity (Wildman–Crippen MR) is 97.7 cm³/mol. The zero-order valence-electron chi connectivity index (χ0n) is 13.8. The fourth-order valence-electron chi connectivity index (χ4n) is 3.55. The second-order valence-corrected chi connectivity index (χ2v) is 7.08. The summed E-state index contributed by atoms with van der Waals surface area (Å²) in [5, 5.41) is 4.53. The minimum atomic E-state index is 0.615. The highest BCUT2D eigenvalue weighted by Crippen LogP contribution is 2.23. The van der Waals surface area contributed by atoms with Crippen LogP contribution in [0, 0.1) is 13.8 Å². The first-order valence-electron chi connectivity index (χ1n) is 8.51. The first-order valence-corrected chi connectivity index (χ1v) is 8.92. The van der Waals surface area contributed by atoms with Crippen molar-refractivity contribution >= 4 is 23.0 Å². The van der Waals surface area contributed by atoms with Crippen molar-refractivity contribution in [2.24, 2.45) is 0 Å². The molecule has 0 aromatic heterocycles. The van der Waals surface area contributed by atoms with Crippen LogP contribution >= 0.6 is 12.2 Å². The van der Waals surface area contributed by atoms with Crippen molar-refractivity contribution in [2.45, 2.75) is 45.6 Å². The minimum Gasteiger partial charge on any atom is -0.368 e. The number of hydrogen-bond acceptors (Lipinski definition) is 2. The molecule has 1 aromatic carbocycles. The molecule has 0 amide bonds. The zero-order chi connectivity index (χ0) is 15.5. The van der Waals surface area contributed by atoms with Crippen LogP contribution in [0.3, 0.4) is 0 Å². The molecule has 120 valence electrons. The van der Waals surface area contributed by atoms with Crippen molar-refractivity contribution in [1.29, 1.82) is 0 Å². The van der Waals surface area contributed by atoms with Crippen LogP contribution in [0.4, 0.5) is 5.69 Å². The quantitative estimate of drug-likeness (QED) is 0.844. The number of piperazine rings is 1. The second kappa shape index (κ2) is 6.86. The number of benzene rings is 1. The third-order valence-electron chi connectivity index (χ3n) is 4.95. The molecule has 4 heteroatoms. The van der Waals surface area contributed by atoms with E-state index in [1.165, 1.54) is 42.5 Å². The fraction of sp³-hybridized carbons (Fsp3) is 0.611. The Morgan fingerprint density at radius 3 is 2.45 bits per heavy atom. The van der Waals surface area contributed by atoms with Crippen molar-refractivity contribution in [1.82, 2.24) is 10.2 Å². The minimum absolute atomic E-state index is 0.615. The third-order valence-corrected chi connectivity index (χ3v) is 5.33. The third kappa shape index (κ3) is 3.54. The number of hydrogen-bond donors (Lipinski definition) is 1. The van der Waals surface area contributed by atoms with Gasteiger partial charge in [0.1, 0.15) is 0 Å². The van der Waals surface area contributed by atoms with Crippen LogP contribution in [-0.4, -0.2) is 42.2 Å². The van der Waals surface area contributed by atoms with Gasteiger partial charge in [0, 0.05) is 37.9 Å². The van der Waals surface area contributed by atoms with Crippen LogP contribution in [0.25, 0.3) is 0 Å². The highest BCUT2D eigenvalue weighted by atomic mass is 32.1. The van der Waals surface area contributed by atoms with Crippen molar-refractivity contribution in [2.75, 3.05) is 31.1 Å². The SMILES string of the molecule is Cc1ccc(C)c(N2CCN(C(=S)NC3CCCC3)CC2)c1. The predicted octanol–water partition coefficient (Wildman–Crippen LogP) is 3.24. The van der Waals surface area contributed by atoms with Crippen molar-refractivity contribution in [3.05, 3.63) is 29.3 Å². The molecule has 1 aromatic rings. The van der Waals surface area contributed by atoms with Crippen LogP contribution in [0.1, 0.15) is 36.8 Å². The Hall–Kier alpha value is -1.29. The van der Waals surface area contributed by atoms with Crippen LogP contribution in [0.2, 0.25) is 0 Å². The molecule has 1 aliphatic heterocycles. The molecule has 1 saturated heterocycles. The van der Waals surface area contributed by atoms with Gasteiger partial charge in [-0.15, -0.1) is 0 Å². The van der Waals surface area contributed by atoms with Gasteiger partial charge in [-0.25, -0.2) is 0 Å². The molecule has 3 rings (SSSR count). The maximum Gasteiger partial charge on any atom is 0.169 e. The Morgan fingerprint density at radius 2 is 1.77 bits per heavy atom. The highest BCUT2D eigenvalue weighted by Gasteiger charge is 2.22. The number of aryl methyl sites for hydroxylation is 2. The maximum absolute atomic E-state index is 5.61. The highest BCUT2D eigenvalue weighted by molar-refractivity contribution is 7.80. The lowest BCUT2D eigenvalue weighted by atomic mass is 10.1. The molecular weight excluding hydrogens is 290 g/mol. The lowest BCUT2D eigenvalue weighted by Gasteiger charge is -2.38. The van der Waals surface area contributed by atoms with E-state index in [-0.39, 0.29) is 0 Å². The summed E-state index contributed by atoms with van der Waals surface area (Å²) >= 11 is 5.61. The largest absolute Gasteiger partial charge is 0.368 e. The molecule has 2 fully saturated rings. The summed E-state index contributed by atoms with van der Waals surface area (Å²) in [4.78, 5) is 4.84. The van der Waals surface area contributed by atoms with Gasteiger partial charge in [0.15, 0.2) is 5.11 Å². The number of anilines is 1. The second-order valence-electron chi connectivity index (χ2n) is 6.69. The van der Waals surface area contributed by atoms with Crippen molar-refractivity contribution in [3.8, 4) is 0 Å². The summed E-state index contributed by atoms with van der Waals surface area (Å²) in [6.07, 6.45) is 5.26. The zero-order valence-corrected chi connectivity index (χ0v) is 14.6. The Labute approximate surface area is 139 Å². The van der Waals surface area contributed by atoms with Gasteiger partial charge in [-0.1, -0.05) is 25.0 Å². The normalized spacial score (nSPS) is 19.5. The summed E-state index contributed by atoms with van der Waals surface area (Å²) in [6, 6.07) is 7.34. The van der Waals surface area contributed by atoms with Gasteiger partial charge < -0.3 is 15.1 Å². The molecule has 0 unspecified atom stereocenters. The first kappa shape index (κ1) is 15.6. The molecule has 0 spiro atoms. The Morgan fingerprint density at radius 1 is 1.09 bits per heavy atom. The molecule has 22 heavy (non-hydrogen) atoms. The van der Waals surface area contributed by atoms with E-state index >= 15 is 0 Å². The van der Waals surface area contributed by atoms with E-state index in [0.717, 1.165) is 31.3 Å². The maximum atomic E-state index is 5.61. The molecular formula is C18H27N3S. The average molecular weight is 318 g/mol. The first-order chi connectivity index (χ1) is 10.6. The number of rotatable bonds is 2. The van der Waals surface area contributed by atoms with Crippen LogP contribution in [0.15, 0.2) is 18.2 Å². The van der Waals surface area contributed by atoms with E-state index in [0.29, 0.717) is 6.04 Å². The molecule has 2 aliphatic rings. The summed E-state index contributed by atoms with van der Waals surface area (Å²) in [6.45, 7) is 8.51. The number of thiocarbonyl (C=S) groups is 1. The van der Waals surface area contributed by atoms with E-state index in [1.54, 1.807) is 0 Å². The van der Waals surface area contributed by atoms with Gasteiger partial charge >= 0.3 is 0 Å². The molecule has 0 atom stereocenters. The Bertz CT molecular complexity index is 529. The molecule has 0 bridgehead atoms. The lowest BCUT2D eigenvalue weighted by Crippen LogP contribution is -2.53. The molecule has 3 nitrogen and oxygen atoms in total. The fourth-order valence-corrected chi connectivity index (χ4v) is 3.90. The number of nitrogens with one attached hydrogen (secondary N) is 1. The van der Waals surface area contributed by atoms with E-state index in [4.69, 9.17) is 12.2 Å². The van der Waals surface area contributed by atoms with Crippen molar-refractivity contribution in [3.63, 3.8) is 0 Å². The van der Waals surface area contributed by atoms with Gasteiger partial charge in [0.25, 0.3) is 0 Å². The van der Waals surface area contributed by atoms with Gasteiger partial charge in [0.2, 0.25) is 0 Å². The van der Waals surface area contributed by atoms with Gasteiger partial charge in [-0.05, 0) is 56.1 Å². The standard InChI is InChI=1S/C18H27N3S/c1-14-7-8-15(2)17(13-14)20-9-11-21(12-10-20)18(22)19-16-5-3-4-6-16/h7-8,13,16H,3-6,9-12H2,1-2H3,(H,19,22). The Kier molecular flexibility index (Phi) is 4.87. The summed E-state index contributed by atoms with van der Waals surface area (Å²) < 4.78 is 0. The average Bonchev–Trinajstić information content (AvgIpc) is 3.03. The summed E-state index contributed by atoms with van der Waals surface area (Å²) in [7, 11) is 0. The monoisotopic (exact) mass is 317 g/mol. The van der Waals surface area contributed by atoms with Gasteiger partial charge in [-0.2, -0.15) is 0 Å². The van der Waals surface area contributed by atoms with E-state index in [1.807, 2.05) is 0 Å². The molecule has 1 N–H and O–H groups in total. The van der Waals surface area contributed by atoms with Gasteiger partial charge in [-0.3, -0.25) is 0 Å². The smallest absolute Gasteiger partial charge is 0.169 e. The molecule has 1 heterocycles. The summed E-state index contributed by atoms with van der Waals surface area (Å²) in [5.41, 5.74) is 4.08.